The van der Waals surface area contributed by atoms with Crippen LogP contribution in [0, 0.1) is 0 Å². The monoisotopic (exact) mass is 354 g/mol. The summed E-state index contributed by atoms with van der Waals surface area (Å²) in [5.41, 5.74) is 1.45. The number of carbonyl (C=O) groups is 1. The van der Waals surface area contributed by atoms with Crippen molar-refractivity contribution in [2.75, 3.05) is 7.11 Å². The molecule has 2 heteroatoms. The average Bonchev–Trinajstić information content (AvgIpc) is 2.68. The Hall–Kier alpha value is -2.09. The van der Waals surface area contributed by atoms with E-state index in [9.17, 15) is 4.79 Å². The summed E-state index contributed by atoms with van der Waals surface area (Å²) < 4.78 is 4.61. The summed E-state index contributed by atoms with van der Waals surface area (Å²) in [5, 5.41) is 0. The van der Waals surface area contributed by atoms with Crippen LogP contribution in [-0.4, -0.2) is 13.1 Å². The van der Waals surface area contributed by atoms with Crippen molar-refractivity contribution < 1.29 is 9.53 Å². The molecule has 0 amide bonds. The smallest absolute Gasteiger partial charge is 0.305 e. The third-order valence-electron chi connectivity index (χ3n) is 4.20. The number of rotatable bonds is 14. The standard InChI is InChI=1S/C24H34O2/c1-26-24(25)22-18-13-11-9-7-5-3-2-4-6-8-10-12-15-19-23-20-16-14-17-21-23/h3-6,9,11,14,16-17,20-21H,2,7-8,10,12-13,15,18-19,22H2,1H3/b5-3-,6-4-,11-9-. The van der Waals surface area contributed by atoms with Crippen LogP contribution >= 0.6 is 0 Å². The van der Waals surface area contributed by atoms with Crippen LogP contribution in [0.1, 0.15) is 63.4 Å². The van der Waals surface area contributed by atoms with Crippen molar-refractivity contribution in [2.24, 2.45) is 0 Å². The molecule has 0 bridgehead atoms. The van der Waals surface area contributed by atoms with Gasteiger partial charge in [0.25, 0.3) is 0 Å². The SMILES string of the molecule is COC(=O)CCC/C=C\C/C=C\C/C=C\CCCCCc1ccccc1. The summed E-state index contributed by atoms with van der Waals surface area (Å²) in [4.78, 5) is 10.9. The first kappa shape index (κ1) is 22.0. The van der Waals surface area contributed by atoms with E-state index >= 15 is 0 Å². The Kier molecular flexibility index (Phi) is 13.8. The topological polar surface area (TPSA) is 26.3 Å². The molecule has 0 N–H and O–H groups in total. The fourth-order valence-corrected chi connectivity index (χ4v) is 2.66. The molecule has 0 spiro atoms. The summed E-state index contributed by atoms with van der Waals surface area (Å²) in [6.45, 7) is 0. The van der Waals surface area contributed by atoms with E-state index in [1.807, 2.05) is 0 Å². The Morgan fingerprint density at radius 1 is 0.808 bits per heavy atom. The number of unbranched alkanes of at least 4 members (excludes halogenated alkanes) is 4. The van der Waals surface area contributed by atoms with Gasteiger partial charge in [0, 0.05) is 6.42 Å². The summed E-state index contributed by atoms with van der Waals surface area (Å²) in [6, 6.07) is 10.7. The lowest BCUT2D eigenvalue weighted by Gasteiger charge is -2.00. The molecule has 0 heterocycles. The first-order valence-electron chi connectivity index (χ1n) is 9.88. The number of hydrogen-bond acceptors (Lipinski definition) is 2. The van der Waals surface area contributed by atoms with Gasteiger partial charge in [0.1, 0.15) is 0 Å². The Morgan fingerprint density at radius 3 is 2.08 bits per heavy atom. The first-order chi connectivity index (χ1) is 12.8. The third kappa shape index (κ3) is 13.2. The second-order valence-electron chi connectivity index (χ2n) is 6.44. The Bertz CT molecular complexity index is 541. The molecule has 0 aliphatic carbocycles. The first-order valence-corrected chi connectivity index (χ1v) is 9.88. The number of allylic oxidation sites excluding steroid dienone is 6. The molecule has 0 aromatic heterocycles. The highest BCUT2D eigenvalue weighted by molar-refractivity contribution is 5.69. The number of ether oxygens (including phenoxy) is 1. The van der Waals surface area contributed by atoms with Gasteiger partial charge in [-0.25, -0.2) is 0 Å². The van der Waals surface area contributed by atoms with Gasteiger partial charge in [-0.05, 0) is 56.9 Å². The van der Waals surface area contributed by atoms with E-state index in [0.717, 1.165) is 25.7 Å². The van der Waals surface area contributed by atoms with Crippen molar-refractivity contribution in [2.45, 2.75) is 64.2 Å². The zero-order valence-electron chi connectivity index (χ0n) is 16.2. The molecular formula is C24H34O2. The predicted molar refractivity (Wildman–Crippen MR) is 111 cm³/mol. The van der Waals surface area contributed by atoms with Gasteiger partial charge in [0.15, 0.2) is 0 Å². The largest absolute Gasteiger partial charge is 0.469 e. The average molecular weight is 355 g/mol. The quantitative estimate of drug-likeness (QED) is 0.214. The molecule has 0 unspecified atom stereocenters. The van der Waals surface area contributed by atoms with Crippen molar-refractivity contribution in [1.29, 1.82) is 0 Å². The van der Waals surface area contributed by atoms with Crippen LogP contribution in [0.25, 0.3) is 0 Å². The third-order valence-corrected chi connectivity index (χ3v) is 4.20. The lowest BCUT2D eigenvalue weighted by Crippen LogP contribution is -1.98. The van der Waals surface area contributed by atoms with Crippen molar-refractivity contribution >= 4 is 5.97 Å². The lowest BCUT2D eigenvalue weighted by atomic mass is 10.1. The zero-order chi connectivity index (χ0) is 18.7. The van der Waals surface area contributed by atoms with Gasteiger partial charge in [0.2, 0.25) is 0 Å². The Balaban J connectivity index is 1.89. The molecule has 1 aromatic carbocycles. The van der Waals surface area contributed by atoms with Crippen LogP contribution in [0.4, 0.5) is 0 Å². The maximum absolute atomic E-state index is 10.9. The maximum Gasteiger partial charge on any atom is 0.305 e. The summed E-state index contributed by atoms with van der Waals surface area (Å²) in [5.74, 6) is -0.124. The molecule has 0 saturated heterocycles. The van der Waals surface area contributed by atoms with Gasteiger partial charge in [-0.1, -0.05) is 73.2 Å². The van der Waals surface area contributed by atoms with E-state index in [2.05, 4.69) is 71.5 Å². The fraction of sp³-hybridized carbons (Fsp3) is 0.458. The predicted octanol–water partition coefficient (Wildman–Crippen LogP) is 6.58. The van der Waals surface area contributed by atoms with Crippen LogP contribution < -0.4 is 0 Å². The fourth-order valence-electron chi connectivity index (χ4n) is 2.66. The minimum absolute atomic E-state index is 0.124. The van der Waals surface area contributed by atoms with E-state index < -0.39 is 0 Å². The number of hydrogen-bond donors (Lipinski definition) is 0. The molecule has 0 saturated carbocycles. The summed E-state index contributed by atoms with van der Waals surface area (Å²) >= 11 is 0. The molecule has 1 rings (SSSR count). The van der Waals surface area contributed by atoms with Crippen LogP contribution in [0.3, 0.4) is 0 Å². The Morgan fingerprint density at radius 2 is 1.42 bits per heavy atom. The van der Waals surface area contributed by atoms with Gasteiger partial charge >= 0.3 is 5.97 Å². The van der Waals surface area contributed by atoms with Crippen LogP contribution in [-0.2, 0) is 16.0 Å². The van der Waals surface area contributed by atoms with Crippen molar-refractivity contribution in [3.05, 3.63) is 72.4 Å². The number of benzene rings is 1. The van der Waals surface area contributed by atoms with Crippen molar-refractivity contribution in [3.63, 3.8) is 0 Å². The molecule has 26 heavy (non-hydrogen) atoms. The molecule has 0 atom stereocenters. The summed E-state index contributed by atoms with van der Waals surface area (Å²) in [6.07, 6.45) is 23.8. The molecular weight excluding hydrogens is 320 g/mol. The molecule has 0 aliphatic heterocycles. The highest BCUT2D eigenvalue weighted by Gasteiger charge is 1.96. The maximum atomic E-state index is 10.9. The molecule has 0 radical (unpaired) electrons. The van der Waals surface area contributed by atoms with Gasteiger partial charge in [-0.3, -0.25) is 4.79 Å². The number of aryl methyl sites for hydroxylation is 1. The molecule has 0 fully saturated rings. The lowest BCUT2D eigenvalue weighted by molar-refractivity contribution is -0.140. The van der Waals surface area contributed by atoms with Crippen molar-refractivity contribution in [3.8, 4) is 0 Å². The van der Waals surface area contributed by atoms with E-state index in [4.69, 9.17) is 0 Å². The second-order valence-corrected chi connectivity index (χ2v) is 6.44. The second kappa shape index (κ2) is 16.4. The van der Waals surface area contributed by atoms with Gasteiger partial charge < -0.3 is 4.74 Å². The van der Waals surface area contributed by atoms with Gasteiger partial charge in [0.05, 0.1) is 7.11 Å². The van der Waals surface area contributed by atoms with E-state index in [1.165, 1.54) is 44.8 Å². The molecule has 2 nitrogen and oxygen atoms in total. The zero-order valence-corrected chi connectivity index (χ0v) is 16.2. The molecule has 0 aliphatic rings. The van der Waals surface area contributed by atoms with E-state index in [0.29, 0.717) is 6.42 Å². The highest BCUT2D eigenvalue weighted by Crippen LogP contribution is 2.08. The van der Waals surface area contributed by atoms with E-state index in [-0.39, 0.29) is 5.97 Å². The minimum Gasteiger partial charge on any atom is -0.469 e. The highest BCUT2D eigenvalue weighted by atomic mass is 16.5. The number of methoxy groups -OCH3 is 1. The normalized spacial score (nSPS) is 11.7. The van der Waals surface area contributed by atoms with Crippen LogP contribution in [0.15, 0.2) is 66.8 Å². The van der Waals surface area contributed by atoms with Crippen LogP contribution in [0.2, 0.25) is 0 Å². The Labute approximate surface area is 159 Å². The van der Waals surface area contributed by atoms with Crippen LogP contribution in [0.5, 0.6) is 0 Å². The number of esters is 1. The molecule has 1 aromatic rings. The molecule has 142 valence electrons. The van der Waals surface area contributed by atoms with E-state index in [1.54, 1.807) is 0 Å². The summed E-state index contributed by atoms with van der Waals surface area (Å²) in [7, 11) is 1.43. The van der Waals surface area contributed by atoms with Gasteiger partial charge in [-0.2, -0.15) is 0 Å². The minimum atomic E-state index is -0.124. The van der Waals surface area contributed by atoms with Gasteiger partial charge in [-0.15, -0.1) is 0 Å². The van der Waals surface area contributed by atoms with Crippen molar-refractivity contribution in [1.82, 2.24) is 0 Å². The number of carbonyl (C=O) groups excluding carboxylic acids is 1.